The number of carbonyl (C=O) groups is 1. The van der Waals surface area contributed by atoms with Gasteiger partial charge in [0.1, 0.15) is 0 Å². The lowest BCUT2D eigenvalue weighted by Crippen LogP contribution is -2.42. The normalized spacial score (nSPS) is 19.0. The highest BCUT2D eigenvalue weighted by atomic mass is 35.5. The van der Waals surface area contributed by atoms with Gasteiger partial charge in [0, 0.05) is 22.5 Å². The summed E-state index contributed by atoms with van der Waals surface area (Å²) in [6.07, 6.45) is 1.03. The molecule has 104 valence electrons. The lowest BCUT2D eigenvalue weighted by atomic mass is 9.91. The monoisotopic (exact) mass is 298 g/mol. The Hall–Kier alpha value is -0.710. The molecular formula is C14H19ClN2OS. The van der Waals surface area contributed by atoms with Gasteiger partial charge in [0.15, 0.2) is 0 Å². The molecule has 1 aromatic rings. The van der Waals surface area contributed by atoms with Crippen LogP contribution in [0.3, 0.4) is 0 Å². The maximum atomic E-state index is 11.4. The fourth-order valence-corrected chi connectivity index (χ4v) is 3.33. The summed E-state index contributed by atoms with van der Waals surface area (Å²) in [6, 6.07) is 6.24. The minimum Gasteiger partial charge on any atom is -0.369 e. The Balaban J connectivity index is 2.12. The number of thioether (sulfide) groups is 1. The zero-order valence-electron chi connectivity index (χ0n) is 11.2. The van der Waals surface area contributed by atoms with E-state index in [-0.39, 0.29) is 11.9 Å². The molecule has 0 saturated heterocycles. The number of hydrogen-bond acceptors (Lipinski definition) is 3. The van der Waals surface area contributed by atoms with E-state index in [2.05, 4.69) is 11.4 Å². The average molecular weight is 299 g/mol. The summed E-state index contributed by atoms with van der Waals surface area (Å²) >= 11 is 7.92. The first-order valence-corrected chi connectivity index (χ1v) is 7.72. The van der Waals surface area contributed by atoms with E-state index in [0.717, 1.165) is 17.2 Å². The number of hydrogen-bond donors (Lipinski definition) is 2. The lowest BCUT2D eigenvalue weighted by molar-refractivity contribution is -0.125. The fourth-order valence-electron chi connectivity index (χ4n) is 2.04. The Labute approximate surface area is 123 Å². The van der Waals surface area contributed by atoms with Gasteiger partial charge >= 0.3 is 0 Å². The molecule has 0 bridgehead atoms. The first kappa shape index (κ1) is 14.7. The number of amides is 1. The molecule has 0 unspecified atom stereocenters. The van der Waals surface area contributed by atoms with Crippen molar-refractivity contribution in [2.24, 2.45) is 11.1 Å². The van der Waals surface area contributed by atoms with Gasteiger partial charge in [-0.05, 0) is 49.8 Å². The predicted molar refractivity (Wildman–Crippen MR) is 80.5 cm³/mol. The molecule has 0 aliphatic carbocycles. The molecule has 1 aliphatic heterocycles. The van der Waals surface area contributed by atoms with E-state index >= 15 is 0 Å². The van der Waals surface area contributed by atoms with Gasteiger partial charge in [0.05, 0.1) is 5.41 Å². The maximum absolute atomic E-state index is 11.4. The van der Waals surface area contributed by atoms with Crippen LogP contribution in [0, 0.1) is 5.41 Å². The van der Waals surface area contributed by atoms with Gasteiger partial charge in [-0.3, -0.25) is 4.79 Å². The summed E-state index contributed by atoms with van der Waals surface area (Å²) in [5.74, 6) is 0.792. The van der Waals surface area contributed by atoms with Crippen LogP contribution in [0.25, 0.3) is 0 Å². The molecule has 1 aromatic carbocycles. The van der Waals surface area contributed by atoms with Crippen LogP contribution in [-0.2, 0) is 4.79 Å². The molecule has 1 aliphatic rings. The SMILES string of the molecule is CC(C)(CN[C@@H]1CCSc2ccc(Cl)cc21)C(N)=O. The second-order valence-corrected chi connectivity index (χ2v) is 7.07. The summed E-state index contributed by atoms with van der Waals surface area (Å²) in [7, 11) is 0. The largest absolute Gasteiger partial charge is 0.369 e. The number of primary amides is 1. The zero-order valence-corrected chi connectivity index (χ0v) is 12.8. The van der Waals surface area contributed by atoms with E-state index in [1.54, 1.807) is 0 Å². The van der Waals surface area contributed by atoms with E-state index in [1.807, 2.05) is 37.7 Å². The third kappa shape index (κ3) is 3.44. The molecule has 1 heterocycles. The highest BCUT2D eigenvalue weighted by Crippen LogP contribution is 2.37. The Morgan fingerprint density at radius 3 is 3.00 bits per heavy atom. The Morgan fingerprint density at radius 2 is 2.32 bits per heavy atom. The van der Waals surface area contributed by atoms with Crippen LogP contribution in [-0.4, -0.2) is 18.2 Å². The van der Waals surface area contributed by atoms with Gasteiger partial charge in [0.2, 0.25) is 5.91 Å². The first-order chi connectivity index (χ1) is 8.90. The van der Waals surface area contributed by atoms with Crippen molar-refractivity contribution >= 4 is 29.3 Å². The van der Waals surface area contributed by atoms with E-state index in [0.29, 0.717) is 6.54 Å². The van der Waals surface area contributed by atoms with Crippen LogP contribution in [0.5, 0.6) is 0 Å². The number of nitrogens with one attached hydrogen (secondary N) is 1. The van der Waals surface area contributed by atoms with E-state index in [4.69, 9.17) is 17.3 Å². The third-order valence-electron chi connectivity index (χ3n) is 3.47. The minimum absolute atomic E-state index is 0.244. The molecule has 0 spiro atoms. The zero-order chi connectivity index (χ0) is 14.0. The number of carbonyl (C=O) groups excluding carboxylic acids is 1. The third-order valence-corrected chi connectivity index (χ3v) is 4.83. The minimum atomic E-state index is -0.538. The predicted octanol–water partition coefficient (Wildman–Crippen LogP) is 2.98. The summed E-state index contributed by atoms with van der Waals surface area (Å²) in [5.41, 5.74) is 6.09. The first-order valence-electron chi connectivity index (χ1n) is 6.36. The molecule has 0 fully saturated rings. The number of rotatable bonds is 4. The number of nitrogens with two attached hydrogens (primary N) is 1. The lowest BCUT2D eigenvalue weighted by Gasteiger charge is -2.30. The molecule has 0 saturated carbocycles. The molecule has 1 atom stereocenters. The van der Waals surface area contributed by atoms with Gasteiger partial charge in [-0.15, -0.1) is 11.8 Å². The van der Waals surface area contributed by atoms with Crippen molar-refractivity contribution in [2.45, 2.75) is 31.2 Å². The highest BCUT2D eigenvalue weighted by molar-refractivity contribution is 7.99. The smallest absolute Gasteiger partial charge is 0.224 e. The summed E-state index contributed by atoms with van der Waals surface area (Å²) in [5, 5.41) is 4.21. The molecule has 1 amide bonds. The quantitative estimate of drug-likeness (QED) is 0.898. The Morgan fingerprint density at radius 1 is 1.58 bits per heavy atom. The Bertz CT molecular complexity index is 490. The van der Waals surface area contributed by atoms with Gasteiger partial charge < -0.3 is 11.1 Å². The molecular weight excluding hydrogens is 280 g/mol. The Kier molecular flexibility index (Phi) is 4.43. The molecule has 19 heavy (non-hydrogen) atoms. The van der Waals surface area contributed by atoms with E-state index in [9.17, 15) is 4.79 Å². The van der Waals surface area contributed by atoms with Gasteiger partial charge in [0.25, 0.3) is 0 Å². The molecule has 3 N–H and O–H groups in total. The standard InChI is InChI=1S/C14H19ClN2OS/c1-14(2,13(16)18)8-17-11-5-6-19-12-4-3-9(15)7-10(11)12/h3-4,7,11,17H,5-6,8H2,1-2H3,(H2,16,18)/t11-/m1/s1. The highest BCUT2D eigenvalue weighted by Gasteiger charge is 2.28. The second-order valence-electron chi connectivity index (χ2n) is 5.50. The topological polar surface area (TPSA) is 55.1 Å². The average Bonchev–Trinajstić information content (AvgIpc) is 2.36. The molecule has 0 radical (unpaired) electrons. The van der Waals surface area contributed by atoms with Crippen LogP contribution in [0.4, 0.5) is 0 Å². The van der Waals surface area contributed by atoms with Gasteiger partial charge in [-0.25, -0.2) is 0 Å². The van der Waals surface area contributed by atoms with Crippen molar-refractivity contribution in [1.29, 1.82) is 0 Å². The van der Waals surface area contributed by atoms with Crippen LogP contribution in [0.15, 0.2) is 23.1 Å². The van der Waals surface area contributed by atoms with Gasteiger partial charge in [-0.1, -0.05) is 11.6 Å². The second kappa shape index (κ2) is 5.73. The number of halogens is 1. The van der Waals surface area contributed by atoms with Crippen LogP contribution < -0.4 is 11.1 Å². The molecule has 2 rings (SSSR count). The molecule has 0 aromatic heterocycles. The van der Waals surface area contributed by atoms with Gasteiger partial charge in [-0.2, -0.15) is 0 Å². The summed E-state index contributed by atoms with van der Waals surface area (Å²) < 4.78 is 0. The number of benzene rings is 1. The molecule has 5 heteroatoms. The van der Waals surface area contributed by atoms with E-state index < -0.39 is 5.41 Å². The van der Waals surface area contributed by atoms with Crippen molar-refractivity contribution in [3.8, 4) is 0 Å². The summed E-state index contributed by atoms with van der Waals surface area (Å²) in [4.78, 5) is 12.6. The van der Waals surface area contributed by atoms with Crippen molar-refractivity contribution in [1.82, 2.24) is 5.32 Å². The van der Waals surface area contributed by atoms with Crippen molar-refractivity contribution in [3.05, 3.63) is 28.8 Å². The van der Waals surface area contributed by atoms with Crippen molar-refractivity contribution in [3.63, 3.8) is 0 Å². The van der Waals surface area contributed by atoms with Crippen molar-refractivity contribution < 1.29 is 4.79 Å². The van der Waals surface area contributed by atoms with Crippen LogP contribution in [0.1, 0.15) is 31.9 Å². The van der Waals surface area contributed by atoms with E-state index in [1.165, 1.54) is 10.5 Å². The maximum Gasteiger partial charge on any atom is 0.224 e. The van der Waals surface area contributed by atoms with Crippen molar-refractivity contribution in [2.75, 3.05) is 12.3 Å². The number of fused-ring (bicyclic) bond motifs is 1. The van der Waals surface area contributed by atoms with Crippen LogP contribution in [0.2, 0.25) is 5.02 Å². The summed E-state index contributed by atoms with van der Waals surface area (Å²) in [6.45, 7) is 4.29. The fraction of sp³-hybridized carbons (Fsp3) is 0.500. The molecule has 3 nitrogen and oxygen atoms in total. The van der Waals surface area contributed by atoms with Crippen LogP contribution >= 0.6 is 23.4 Å².